The standard InChI is InChI=1S/C12H20N2O4S3/c1-2-4-13-7-10-6-12(19-8-10)21(17,18)14-11-3-5-20(15,16)9-11/h6,8,11,13-14H,2-5,7,9H2,1H3. The van der Waals surface area contributed by atoms with E-state index in [9.17, 15) is 16.8 Å². The number of rotatable bonds is 7. The molecule has 0 bridgehead atoms. The minimum Gasteiger partial charge on any atom is -0.313 e. The van der Waals surface area contributed by atoms with Gasteiger partial charge in [0.25, 0.3) is 0 Å². The monoisotopic (exact) mass is 352 g/mol. The Balaban J connectivity index is 1.99. The lowest BCUT2D eigenvalue weighted by Gasteiger charge is -2.09. The van der Waals surface area contributed by atoms with E-state index in [1.165, 1.54) is 0 Å². The van der Waals surface area contributed by atoms with Gasteiger partial charge in [-0.1, -0.05) is 6.92 Å². The summed E-state index contributed by atoms with van der Waals surface area (Å²) in [6.07, 6.45) is 1.37. The van der Waals surface area contributed by atoms with Crippen LogP contribution in [-0.4, -0.2) is 40.9 Å². The number of thiophene rings is 1. The molecule has 2 N–H and O–H groups in total. The Labute approximate surface area is 129 Å². The van der Waals surface area contributed by atoms with E-state index in [-0.39, 0.29) is 15.7 Å². The van der Waals surface area contributed by atoms with E-state index in [0.717, 1.165) is 29.9 Å². The van der Waals surface area contributed by atoms with Gasteiger partial charge in [0.1, 0.15) is 4.21 Å². The summed E-state index contributed by atoms with van der Waals surface area (Å²) in [7, 11) is -6.72. The van der Waals surface area contributed by atoms with Crippen LogP contribution in [0.3, 0.4) is 0 Å². The number of sulfonamides is 1. The van der Waals surface area contributed by atoms with Gasteiger partial charge in [0.05, 0.1) is 11.5 Å². The third-order valence-corrected chi connectivity index (χ3v) is 7.98. The molecule has 21 heavy (non-hydrogen) atoms. The topological polar surface area (TPSA) is 92.3 Å². The molecule has 1 saturated heterocycles. The van der Waals surface area contributed by atoms with E-state index >= 15 is 0 Å². The van der Waals surface area contributed by atoms with E-state index in [4.69, 9.17) is 0 Å². The summed E-state index contributed by atoms with van der Waals surface area (Å²) >= 11 is 1.16. The fourth-order valence-corrected chi connectivity index (χ4v) is 6.44. The molecule has 0 saturated carbocycles. The molecule has 0 amide bonds. The van der Waals surface area contributed by atoms with E-state index in [2.05, 4.69) is 17.0 Å². The molecular weight excluding hydrogens is 332 g/mol. The molecule has 0 spiro atoms. The first kappa shape index (κ1) is 16.9. The molecule has 0 aromatic carbocycles. The second-order valence-corrected chi connectivity index (χ2v) is 10.3. The second-order valence-electron chi connectivity index (χ2n) is 5.17. The maximum absolute atomic E-state index is 12.2. The summed E-state index contributed by atoms with van der Waals surface area (Å²) in [6.45, 7) is 3.59. The van der Waals surface area contributed by atoms with Gasteiger partial charge >= 0.3 is 0 Å². The van der Waals surface area contributed by atoms with Crippen molar-refractivity contribution in [1.82, 2.24) is 10.0 Å². The number of nitrogens with one attached hydrogen (secondary N) is 2. The zero-order valence-corrected chi connectivity index (χ0v) is 14.3. The predicted octanol–water partition coefficient (Wildman–Crippen LogP) is 0.713. The SMILES string of the molecule is CCCNCc1csc(S(=O)(=O)NC2CCS(=O)(=O)C2)c1. The summed E-state index contributed by atoms with van der Waals surface area (Å²) in [4.78, 5) is 0. The molecule has 1 aliphatic rings. The molecule has 6 nitrogen and oxygen atoms in total. The van der Waals surface area contributed by atoms with Crippen molar-refractivity contribution in [3.63, 3.8) is 0 Å². The zero-order chi connectivity index (χ0) is 15.5. The molecule has 0 radical (unpaired) electrons. The van der Waals surface area contributed by atoms with Crippen molar-refractivity contribution >= 4 is 31.2 Å². The molecule has 1 fully saturated rings. The number of hydrogen-bond donors (Lipinski definition) is 2. The van der Waals surface area contributed by atoms with Crippen molar-refractivity contribution < 1.29 is 16.8 Å². The summed E-state index contributed by atoms with van der Waals surface area (Å²) < 4.78 is 49.9. The summed E-state index contributed by atoms with van der Waals surface area (Å²) in [5, 5.41) is 5.02. The molecule has 0 aliphatic carbocycles. The van der Waals surface area contributed by atoms with Crippen LogP contribution < -0.4 is 10.0 Å². The maximum Gasteiger partial charge on any atom is 0.250 e. The van der Waals surface area contributed by atoms with Crippen LogP contribution in [0.2, 0.25) is 0 Å². The molecular formula is C12H20N2O4S3. The van der Waals surface area contributed by atoms with Crippen molar-refractivity contribution in [3.05, 3.63) is 17.0 Å². The van der Waals surface area contributed by atoms with E-state index < -0.39 is 25.9 Å². The molecule has 1 atom stereocenters. The van der Waals surface area contributed by atoms with Crippen LogP contribution in [0.1, 0.15) is 25.3 Å². The smallest absolute Gasteiger partial charge is 0.250 e. The van der Waals surface area contributed by atoms with Gasteiger partial charge in [0.2, 0.25) is 10.0 Å². The first-order valence-corrected chi connectivity index (χ1v) is 11.0. The van der Waals surface area contributed by atoms with Crippen LogP contribution in [0.15, 0.2) is 15.7 Å². The Hall–Kier alpha value is -0.480. The van der Waals surface area contributed by atoms with Crippen LogP contribution >= 0.6 is 11.3 Å². The lowest BCUT2D eigenvalue weighted by Crippen LogP contribution is -2.35. The highest BCUT2D eigenvalue weighted by Crippen LogP contribution is 2.22. The second kappa shape index (κ2) is 6.74. The average molecular weight is 353 g/mol. The minimum atomic E-state index is -3.63. The van der Waals surface area contributed by atoms with Gasteiger partial charge in [-0.25, -0.2) is 21.6 Å². The Kier molecular flexibility index (Phi) is 5.42. The molecule has 1 aromatic rings. The predicted molar refractivity (Wildman–Crippen MR) is 83.7 cm³/mol. The maximum atomic E-state index is 12.2. The fraction of sp³-hybridized carbons (Fsp3) is 0.667. The highest BCUT2D eigenvalue weighted by atomic mass is 32.2. The van der Waals surface area contributed by atoms with Gasteiger partial charge in [-0.2, -0.15) is 0 Å². The Morgan fingerprint density at radius 3 is 2.81 bits per heavy atom. The van der Waals surface area contributed by atoms with Crippen LogP contribution in [-0.2, 0) is 26.4 Å². The molecule has 2 heterocycles. The van der Waals surface area contributed by atoms with Gasteiger partial charge in [-0.3, -0.25) is 0 Å². The Morgan fingerprint density at radius 2 is 2.19 bits per heavy atom. The Bertz CT molecular complexity index is 679. The highest BCUT2D eigenvalue weighted by Gasteiger charge is 2.31. The first-order valence-electron chi connectivity index (χ1n) is 6.83. The molecule has 120 valence electrons. The largest absolute Gasteiger partial charge is 0.313 e. The van der Waals surface area contributed by atoms with Crippen molar-refractivity contribution in [1.29, 1.82) is 0 Å². The summed E-state index contributed by atoms with van der Waals surface area (Å²) in [6, 6.07) is 1.13. The van der Waals surface area contributed by atoms with E-state index in [1.807, 2.05) is 5.38 Å². The summed E-state index contributed by atoms with van der Waals surface area (Å²) in [5.74, 6) is -0.0562. The normalized spacial score (nSPS) is 21.7. The third kappa shape index (κ3) is 4.75. The fourth-order valence-electron chi connectivity index (χ4n) is 2.16. The van der Waals surface area contributed by atoms with Gasteiger partial charge in [-0.15, -0.1) is 11.3 Å². The van der Waals surface area contributed by atoms with Crippen molar-refractivity contribution in [2.75, 3.05) is 18.1 Å². The molecule has 1 aliphatic heterocycles. The van der Waals surface area contributed by atoms with Gasteiger partial charge in [0, 0.05) is 12.6 Å². The van der Waals surface area contributed by atoms with Crippen molar-refractivity contribution in [2.24, 2.45) is 0 Å². The third-order valence-electron chi connectivity index (χ3n) is 3.20. The van der Waals surface area contributed by atoms with E-state index in [0.29, 0.717) is 13.0 Å². The number of hydrogen-bond acceptors (Lipinski definition) is 6. The molecule has 2 rings (SSSR count). The lowest BCUT2D eigenvalue weighted by molar-refractivity contribution is 0.564. The average Bonchev–Trinajstić information content (AvgIpc) is 2.97. The number of sulfone groups is 1. The zero-order valence-electron chi connectivity index (χ0n) is 11.8. The molecule has 1 aromatic heterocycles. The van der Waals surface area contributed by atoms with Gasteiger partial charge in [-0.05, 0) is 36.4 Å². The van der Waals surface area contributed by atoms with Gasteiger partial charge < -0.3 is 5.32 Å². The van der Waals surface area contributed by atoms with Crippen LogP contribution in [0.4, 0.5) is 0 Å². The lowest BCUT2D eigenvalue weighted by atomic mass is 10.3. The van der Waals surface area contributed by atoms with E-state index in [1.54, 1.807) is 6.07 Å². The van der Waals surface area contributed by atoms with Crippen molar-refractivity contribution in [2.45, 2.75) is 36.6 Å². The quantitative estimate of drug-likeness (QED) is 0.705. The Morgan fingerprint density at radius 1 is 1.43 bits per heavy atom. The van der Waals surface area contributed by atoms with Crippen molar-refractivity contribution in [3.8, 4) is 0 Å². The van der Waals surface area contributed by atoms with Crippen LogP contribution in [0, 0.1) is 0 Å². The summed E-state index contributed by atoms with van der Waals surface area (Å²) in [5.41, 5.74) is 0.924. The van der Waals surface area contributed by atoms with Crippen LogP contribution in [0.25, 0.3) is 0 Å². The van der Waals surface area contributed by atoms with Crippen LogP contribution in [0.5, 0.6) is 0 Å². The minimum absolute atomic E-state index is 0.0524. The highest BCUT2D eigenvalue weighted by molar-refractivity contribution is 7.92. The first-order chi connectivity index (χ1) is 9.82. The van der Waals surface area contributed by atoms with Gasteiger partial charge in [0.15, 0.2) is 9.84 Å². The molecule has 9 heteroatoms. The molecule has 1 unspecified atom stereocenters.